The maximum Gasteiger partial charge on any atom is 0.0768 e. The molecule has 2 N–H and O–H groups in total. The van der Waals surface area contributed by atoms with E-state index in [0.29, 0.717) is 6.42 Å². The second-order valence-electron chi connectivity index (χ2n) is 7.00. The Morgan fingerprint density at radius 1 is 0.917 bits per heavy atom. The van der Waals surface area contributed by atoms with E-state index < -0.39 is 5.60 Å². The Balaban J connectivity index is 2.03. The maximum atomic E-state index is 11.6. The number of piperidine rings is 1. The third-order valence-electron chi connectivity index (χ3n) is 5.72. The molecular weight excluding hydrogens is 294 g/mol. The summed E-state index contributed by atoms with van der Waals surface area (Å²) in [5.41, 5.74) is 1.66. The van der Waals surface area contributed by atoms with Crippen LogP contribution in [0, 0.1) is 11.8 Å². The molecule has 1 saturated heterocycles. The van der Waals surface area contributed by atoms with Crippen LogP contribution in [0.25, 0.3) is 0 Å². The third-order valence-corrected chi connectivity index (χ3v) is 5.72. The zero-order chi connectivity index (χ0) is 17.2. The maximum absolute atomic E-state index is 11.6. The van der Waals surface area contributed by atoms with E-state index in [1.165, 1.54) is 11.1 Å². The van der Waals surface area contributed by atoms with Gasteiger partial charge in [-0.3, -0.25) is 0 Å². The molecule has 3 rings (SSSR count). The van der Waals surface area contributed by atoms with Crippen molar-refractivity contribution in [2.75, 3.05) is 0 Å². The van der Waals surface area contributed by atoms with Crippen molar-refractivity contribution in [3.05, 3.63) is 84.4 Å². The number of aliphatic hydroxyl groups is 1. The number of hydrogen-bond acceptors (Lipinski definition) is 2. The van der Waals surface area contributed by atoms with Gasteiger partial charge in [-0.2, -0.15) is 0 Å². The van der Waals surface area contributed by atoms with Gasteiger partial charge in [-0.15, -0.1) is 6.58 Å². The van der Waals surface area contributed by atoms with Crippen LogP contribution in [0.1, 0.15) is 43.5 Å². The number of rotatable bonds is 4. The lowest BCUT2D eigenvalue weighted by Crippen LogP contribution is -2.57. The van der Waals surface area contributed by atoms with Gasteiger partial charge in [0, 0.05) is 23.9 Å². The highest BCUT2D eigenvalue weighted by atomic mass is 16.3. The van der Waals surface area contributed by atoms with Gasteiger partial charge in [0.1, 0.15) is 0 Å². The summed E-state index contributed by atoms with van der Waals surface area (Å²) >= 11 is 0. The Kier molecular flexibility index (Phi) is 4.88. The van der Waals surface area contributed by atoms with Crippen molar-refractivity contribution < 1.29 is 5.11 Å². The van der Waals surface area contributed by atoms with Gasteiger partial charge < -0.3 is 10.4 Å². The third kappa shape index (κ3) is 2.92. The second-order valence-corrected chi connectivity index (χ2v) is 7.00. The van der Waals surface area contributed by atoms with Crippen molar-refractivity contribution in [1.82, 2.24) is 5.32 Å². The molecular formula is C22H27NO. The fraction of sp³-hybridized carbons (Fsp3) is 0.364. The van der Waals surface area contributed by atoms with Crippen molar-refractivity contribution in [2.45, 2.75) is 38.0 Å². The highest BCUT2D eigenvalue weighted by molar-refractivity contribution is 5.28. The van der Waals surface area contributed by atoms with Crippen molar-refractivity contribution in [3.63, 3.8) is 0 Å². The molecule has 0 amide bonds. The number of benzene rings is 2. The molecule has 1 aliphatic heterocycles. The van der Waals surface area contributed by atoms with E-state index in [1.54, 1.807) is 0 Å². The molecule has 0 aliphatic carbocycles. The van der Waals surface area contributed by atoms with Gasteiger partial charge in [-0.05, 0) is 17.5 Å². The summed E-state index contributed by atoms with van der Waals surface area (Å²) in [4.78, 5) is 0. The normalized spacial score (nSPS) is 33.1. The lowest BCUT2D eigenvalue weighted by Gasteiger charge is -2.52. The fourth-order valence-electron chi connectivity index (χ4n) is 4.17. The molecule has 2 aromatic carbocycles. The fourth-order valence-corrected chi connectivity index (χ4v) is 4.17. The highest BCUT2D eigenvalue weighted by Crippen LogP contribution is 2.48. The van der Waals surface area contributed by atoms with Crippen LogP contribution in [-0.2, 0) is 0 Å². The summed E-state index contributed by atoms with van der Waals surface area (Å²) in [6, 6.07) is 21.1. The molecule has 1 aliphatic rings. The minimum atomic E-state index is -0.784. The van der Waals surface area contributed by atoms with Crippen LogP contribution < -0.4 is 5.32 Å². The largest absolute Gasteiger partial charge is 0.389 e. The van der Waals surface area contributed by atoms with Crippen LogP contribution >= 0.6 is 0 Å². The topological polar surface area (TPSA) is 32.3 Å². The van der Waals surface area contributed by atoms with E-state index in [0.717, 1.165) is 0 Å². The van der Waals surface area contributed by atoms with Crippen molar-refractivity contribution in [1.29, 1.82) is 0 Å². The molecule has 5 atom stereocenters. The van der Waals surface area contributed by atoms with Crippen LogP contribution in [0.2, 0.25) is 0 Å². The summed E-state index contributed by atoms with van der Waals surface area (Å²) < 4.78 is 0. The molecule has 24 heavy (non-hydrogen) atoms. The molecule has 0 spiro atoms. The summed E-state index contributed by atoms with van der Waals surface area (Å²) in [7, 11) is 0. The van der Waals surface area contributed by atoms with Crippen molar-refractivity contribution in [2.24, 2.45) is 11.8 Å². The Morgan fingerprint density at radius 3 is 1.71 bits per heavy atom. The molecule has 0 saturated carbocycles. The van der Waals surface area contributed by atoms with Crippen LogP contribution in [-0.4, -0.2) is 10.7 Å². The Morgan fingerprint density at radius 2 is 1.33 bits per heavy atom. The quantitative estimate of drug-likeness (QED) is 0.803. The first kappa shape index (κ1) is 16.9. The van der Waals surface area contributed by atoms with E-state index in [4.69, 9.17) is 0 Å². The molecule has 1 unspecified atom stereocenters. The molecule has 0 bridgehead atoms. The van der Waals surface area contributed by atoms with E-state index in [-0.39, 0.29) is 23.9 Å². The molecule has 2 aromatic rings. The van der Waals surface area contributed by atoms with Crippen molar-refractivity contribution in [3.8, 4) is 0 Å². The minimum Gasteiger partial charge on any atom is -0.389 e. The van der Waals surface area contributed by atoms with Crippen LogP contribution in [0.15, 0.2) is 73.3 Å². The number of nitrogens with one attached hydrogen (secondary N) is 1. The van der Waals surface area contributed by atoms with Crippen LogP contribution in [0.3, 0.4) is 0 Å². The van der Waals surface area contributed by atoms with Crippen LogP contribution in [0.4, 0.5) is 0 Å². The lowest BCUT2D eigenvalue weighted by atomic mass is 9.65. The molecule has 2 heteroatoms. The van der Waals surface area contributed by atoms with Gasteiger partial charge in [0.15, 0.2) is 0 Å². The van der Waals surface area contributed by atoms with E-state index in [9.17, 15) is 5.11 Å². The van der Waals surface area contributed by atoms with Crippen molar-refractivity contribution >= 4 is 0 Å². The molecule has 126 valence electrons. The molecule has 0 aromatic heterocycles. The SMILES string of the molecule is C=CCC1(O)[C@@H](C)[C@@H](c2ccccc2)N[C@@H](c2ccccc2)[C@@H]1C. The zero-order valence-electron chi connectivity index (χ0n) is 14.5. The van der Waals surface area contributed by atoms with Gasteiger partial charge in [0.05, 0.1) is 5.60 Å². The second kappa shape index (κ2) is 6.92. The first-order chi connectivity index (χ1) is 11.6. The zero-order valence-corrected chi connectivity index (χ0v) is 14.5. The summed E-state index contributed by atoms with van der Waals surface area (Å²) in [5, 5.41) is 15.4. The monoisotopic (exact) mass is 321 g/mol. The standard InChI is InChI=1S/C22H27NO/c1-4-15-22(24)16(2)20(18-11-7-5-8-12-18)23-21(17(22)3)19-13-9-6-10-14-19/h4-14,16-17,20-21,23-24H,1,15H2,2-3H3/t16-,17-,20-,21+,22?/m0/s1. The minimum absolute atomic E-state index is 0.0906. The number of hydrogen-bond donors (Lipinski definition) is 2. The first-order valence-corrected chi connectivity index (χ1v) is 8.77. The summed E-state index contributed by atoms with van der Waals surface area (Å²) in [5.74, 6) is 0.181. The van der Waals surface area contributed by atoms with E-state index in [1.807, 2.05) is 18.2 Å². The molecule has 1 heterocycles. The smallest absolute Gasteiger partial charge is 0.0768 e. The van der Waals surface area contributed by atoms with Gasteiger partial charge in [-0.25, -0.2) is 0 Å². The van der Waals surface area contributed by atoms with E-state index >= 15 is 0 Å². The molecule has 0 radical (unpaired) electrons. The Bertz CT molecular complexity index is 615. The first-order valence-electron chi connectivity index (χ1n) is 8.77. The highest BCUT2D eigenvalue weighted by Gasteiger charge is 2.50. The lowest BCUT2D eigenvalue weighted by molar-refractivity contribution is -0.108. The van der Waals surface area contributed by atoms with Gasteiger partial charge >= 0.3 is 0 Å². The molecule has 2 nitrogen and oxygen atoms in total. The Labute approximate surface area is 145 Å². The van der Waals surface area contributed by atoms with Gasteiger partial charge in [-0.1, -0.05) is 80.6 Å². The van der Waals surface area contributed by atoms with Gasteiger partial charge in [0.2, 0.25) is 0 Å². The predicted octanol–water partition coefficient (Wildman–Crippen LogP) is 4.65. The van der Waals surface area contributed by atoms with Crippen LogP contribution in [0.5, 0.6) is 0 Å². The predicted molar refractivity (Wildman–Crippen MR) is 99.6 cm³/mol. The average molecular weight is 321 g/mol. The Hall–Kier alpha value is -1.90. The summed E-state index contributed by atoms with van der Waals surface area (Å²) in [6.45, 7) is 8.17. The summed E-state index contributed by atoms with van der Waals surface area (Å²) in [6.07, 6.45) is 2.45. The van der Waals surface area contributed by atoms with Gasteiger partial charge in [0.25, 0.3) is 0 Å². The van der Waals surface area contributed by atoms with E-state index in [2.05, 4.69) is 74.3 Å². The molecule has 1 fully saturated rings. The average Bonchev–Trinajstić information content (AvgIpc) is 2.62.